The number of anilines is 1. The van der Waals surface area contributed by atoms with Gasteiger partial charge in [0.25, 0.3) is 5.91 Å². The molecule has 0 spiro atoms. The van der Waals surface area contributed by atoms with Gasteiger partial charge in [0, 0.05) is 23.7 Å². The molecule has 1 aromatic carbocycles. The van der Waals surface area contributed by atoms with E-state index in [1.54, 1.807) is 23.6 Å². The molecule has 2 aromatic rings. The molecule has 5 nitrogen and oxygen atoms in total. The Morgan fingerprint density at radius 2 is 2.29 bits per heavy atom. The molecule has 1 N–H and O–H groups in total. The number of hydrogen-bond donors (Lipinski definition) is 1. The normalized spacial score (nSPS) is 16.2. The third kappa shape index (κ3) is 2.91. The number of ketones is 1. The lowest BCUT2D eigenvalue weighted by Gasteiger charge is -2.09. The summed E-state index contributed by atoms with van der Waals surface area (Å²) in [7, 11) is 0. The number of nitrogens with zero attached hydrogens (tertiary/aromatic N) is 1. The van der Waals surface area contributed by atoms with Crippen LogP contribution in [0.1, 0.15) is 23.0 Å². The van der Waals surface area contributed by atoms with E-state index in [1.165, 1.54) is 18.3 Å². The van der Waals surface area contributed by atoms with Crippen molar-refractivity contribution in [2.75, 3.05) is 5.32 Å². The summed E-state index contributed by atoms with van der Waals surface area (Å²) in [6.07, 6.45) is -0.143. The second-order valence-corrected chi connectivity index (χ2v) is 5.94. The molecule has 0 saturated heterocycles. The Hall–Kier alpha value is -1.92. The van der Waals surface area contributed by atoms with Crippen LogP contribution in [0.15, 0.2) is 23.6 Å². The molecule has 108 valence electrons. The Morgan fingerprint density at radius 1 is 1.48 bits per heavy atom. The highest BCUT2D eigenvalue weighted by atomic mass is 35.5. The van der Waals surface area contributed by atoms with Gasteiger partial charge in [-0.3, -0.25) is 14.9 Å². The maximum absolute atomic E-state index is 12.2. The van der Waals surface area contributed by atoms with Gasteiger partial charge in [-0.15, -0.1) is 11.3 Å². The van der Waals surface area contributed by atoms with Crippen LogP contribution in [0.5, 0.6) is 5.75 Å². The van der Waals surface area contributed by atoms with Gasteiger partial charge < -0.3 is 4.74 Å². The molecule has 1 aliphatic rings. The highest BCUT2D eigenvalue weighted by Gasteiger charge is 2.29. The lowest BCUT2D eigenvalue weighted by atomic mass is 10.1. The van der Waals surface area contributed by atoms with E-state index in [-0.39, 0.29) is 11.7 Å². The fourth-order valence-corrected chi connectivity index (χ4v) is 2.99. The number of benzene rings is 1. The smallest absolute Gasteiger partial charge is 0.267 e. The maximum Gasteiger partial charge on any atom is 0.267 e. The lowest BCUT2D eigenvalue weighted by molar-refractivity contribution is -0.122. The molecule has 0 bridgehead atoms. The zero-order valence-corrected chi connectivity index (χ0v) is 12.6. The molecule has 0 radical (unpaired) electrons. The Morgan fingerprint density at radius 3 is 3.00 bits per heavy atom. The largest absolute Gasteiger partial charge is 0.480 e. The Labute approximate surface area is 129 Å². The lowest BCUT2D eigenvalue weighted by Crippen LogP contribution is -2.31. The number of nitrogens with one attached hydrogen (secondary N) is 1. The molecule has 0 saturated carbocycles. The molecule has 2 heterocycles. The average molecular weight is 323 g/mol. The first-order valence-electron chi connectivity index (χ1n) is 6.25. The third-order valence-electron chi connectivity index (χ3n) is 3.08. The van der Waals surface area contributed by atoms with E-state index in [0.717, 1.165) is 5.56 Å². The Bertz CT molecular complexity index is 729. The van der Waals surface area contributed by atoms with E-state index >= 15 is 0 Å². The first-order valence-corrected chi connectivity index (χ1v) is 7.51. The number of halogens is 1. The Balaban J connectivity index is 1.68. The van der Waals surface area contributed by atoms with Crippen LogP contribution in [0.3, 0.4) is 0 Å². The predicted octanol–water partition coefficient (Wildman–Crippen LogP) is 2.94. The molecule has 21 heavy (non-hydrogen) atoms. The number of hydrogen-bond acceptors (Lipinski definition) is 5. The number of ether oxygens (including phenoxy) is 1. The number of amides is 1. The van der Waals surface area contributed by atoms with Gasteiger partial charge in [-0.25, -0.2) is 4.98 Å². The summed E-state index contributed by atoms with van der Waals surface area (Å²) in [5.41, 5.74) is 1.25. The van der Waals surface area contributed by atoms with Gasteiger partial charge >= 0.3 is 0 Å². The number of carbonyl (C=O) groups excluding carboxylic acids is 2. The van der Waals surface area contributed by atoms with E-state index in [0.29, 0.717) is 28.0 Å². The van der Waals surface area contributed by atoms with E-state index in [9.17, 15) is 9.59 Å². The number of Topliss-reactive ketones (excluding diaryl/α,β-unsaturated/α-hetero) is 1. The molecule has 0 aliphatic carbocycles. The van der Waals surface area contributed by atoms with Gasteiger partial charge in [0.15, 0.2) is 17.0 Å². The fraction of sp³-hybridized carbons (Fsp3) is 0.214. The second-order valence-electron chi connectivity index (χ2n) is 4.65. The summed E-state index contributed by atoms with van der Waals surface area (Å²) < 4.78 is 5.59. The van der Waals surface area contributed by atoms with Crippen molar-refractivity contribution in [1.29, 1.82) is 0 Å². The average Bonchev–Trinajstić information content (AvgIpc) is 3.04. The van der Waals surface area contributed by atoms with Crippen LogP contribution in [0, 0.1) is 0 Å². The minimum absolute atomic E-state index is 0.133. The molecule has 1 aliphatic heterocycles. The van der Waals surface area contributed by atoms with Crippen molar-refractivity contribution in [2.24, 2.45) is 0 Å². The quantitative estimate of drug-likeness (QED) is 0.882. The minimum atomic E-state index is -0.608. The molecule has 3 rings (SSSR count). The standard InChI is InChI=1S/C14H11ClN2O3S/c1-7(18)10-6-21-14(16-10)17-13(19)12-5-8-4-9(15)2-3-11(8)20-12/h2-4,6,12H,5H2,1H3,(H,16,17,19). The fourth-order valence-electron chi connectivity index (χ4n) is 2.04. The topological polar surface area (TPSA) is 68.3 Å². The van der Waals surface area contributed by atoms with E-state index < -0.39 is 6.10 Å². The summed E-state index contributed by atoms with van der Waals surface area (Å²) >= 11 is 7.13. The SMILES string of the molecule is CC(=O)c1csc(NC(=O)C2Cc3cc(Cl)ccc3O2)n1. The molecular weight excluding hydrogens is 312 g/mol. The zero-order valence-electron chi connectivity index (χ0n) is 11.1. The molecule has 0 fully saturated rings. The Kier molecular flexibility index (Phi) is 3.65. The van der Waals surface area contributed by atoms with Gasteiger partial charge in [-0.2, -0.15) is 0 Å². The summed E-state index contributed by atoms with van der Waals surface area (Å²) in [6.45, 7) is 1.43. The van der Waals surface area contributed by atoms with Crippen LogP contribution in [-0.4, -0.2) is 22.8 Å². The second kappa shape index (κ2) is 5.46. The number of thiazole rings is 1. The molecule has 1 unspecified atom stereocenters. The zero-order chi connectivity index (χ0) is 15.0. The van der Waals surface area contributed by atoms with E-state index in [4.69, 9.17) is 16.3 Å². The number of rotatable bonds is 3. The van der Waals surface area contributed by atoms with Gasteiger partial charge in [-0.1, -0.05) is 11.6 Å². The van der Waals surface area contributed by atoms with Gasteiger partial charge in [-0.05, 0) is 23.8 Å². The first kappa shape index (κ1) is 14.0. The van der Waals surface area contributed by atoms with Gasteiger partial charge in [0.05, 0.1) is 0 Å². The van der Waals surface area contributed by atoms with Crippen LogP contribution in [0.2, 0.25) is 5.02 Å². The highest BCUT2D eigenvalue weighted by molar-refractivity contribution is 7.14. The summed E-state index contributed by atoms with van der Waals surface area (Å²) in [4.78, 5) is 27.4. The molecule has 1 atom stereocenters. The van der Waals surface area contributed by atoms with E-state index in [2.05, 4.69) is 10.3 Å². The van der Waals surface area contributed by atoms with Gasteiger partial charge in [0.1, 0.15) is 11.4 Å². The number of carbonyl (C=O) groups is 2. The van der Waals surface area contributed by atoms with E-state index in [1.807, 2.05) is 0 Å². The molecule has 7 heteroatoms. The van der Waals surface area contributed by atoms with Crippen LogP contribution in [0.25, 0.3) is 0 Å². The molecular formula is C14H11ClN2O3S. The van der Waals surface area contributed by atoms with Crippen LogP contribution in [-0.2, 0) is 11.2 Å². The van der Waals surface area contributed by atoms with Gasteiger partial charge in [0.2, 0.25) is 0 Å². The summed E-state index contributed by atoms with van der Waals surface area (Å²) in [5.74, 6) is 0.251. The monoisotopic (exact) mass is 322 g/mol. The van der Waals surface area contributed by atoms with Crippen molar-refractivity contribution in [3.8, 4) is 5.75 Å². The van der Waals surface area contributed by atoms with Crippen LogP contribution >= 0.6 is 22.9 Å². The number of fused-ring (bicyclic) bond motifs is 1. The van der Waals surface area contributed by atoms with Crippen molar-refractivity contribution in [2.45, 2.75) is 19.4 Å². The summed E-state index contributed by atoms with van der Waals surface area (Å²) in [6, 6.07) is 5.27. The maximum atomic E-state index is 12.2. The van der Waals surface area contributed by atoms with Crippen LogP contribution in [0.4, 0.5) is 5.13 Å². The molecule has 1 aromatic heterocycles. The van der Waals surface area contributed by atoms with Crippen molar-refractivity contribution >= 4 is 39.8 Å². The molecule has 1 amide bonds. The third-order valence-corrected chi connectivity index (χ3v) is 4.08. The number of aromatic nitrogens is 1. The highest BCUT2D eigenvalue weighted by Crippen LogP contribution is 2.31. The van der Waals surface area contributed by atoms with Crippen molar-refractivity contribution < 1.29 is 14.3 Å². The minimum Gasteiger partial charge on any atom is -0.480 e. The van der Waals surface area contributed by atoms with Crippen LogP contribution < -0.4 is 10.1 Å². The van der Waals surface area contributed by atoms with Crippen molar-refractivity contribution in [3.63, 3.8) is 0 Å². The predicted molar refractivity (Wildman–Crippen MR) is 80.3 cm³/mol. The first-order chi connectivity index (χ1) is 10.0. The summed E-state index contributed by atoms with van der Waals surface area (Å²) in [5, 5.41) is 5.29. The van der Waals surface area contributed by atoms with Crippen molar-refractivity contribution in [3.05, 3.63) is 39.9 Å². The van der Waals surface area contributed by atoms with Crippen molar-refractivity contribution in [1.82, 2.24) is 4.98 Å².